The Labute approximate surface area is 150 Å². The summed E-state index contributed by atoms with van der Waals surface area (Å²) in [4.78, 5) is 25.4. The number of nitrogens with zero attached hydrogens (tertiary/aromatic N) is 1. The average Bonchev–Trinajstić information content (AvgIpc) is 3.08. The fraction of sp³-hybridized carbons (Fsp3) is 0.556. The second-order valence-electron chi connectivity index (χ2n) is 6.66. The maximum atomic E-state index is 13.8. The highest BCUT2D eigenvalue weighted by Crippen LogP contribution is 2.33. The Balaban J connectivity index is 1.57. The number of aliphatic carboxylic acids is 1. The van der Waals surface area contributed by atoms with Gasteiger partial charge in [0.15, 0.2) is 0 Å². The molecule has 5 nitrogen and oxygen atoms in total. The predicted octanol–water partition coefficient (Wildman–Crippen LogP) is 2.75. The molecular formula is C18H21ClFNO4. The number of hydrogen-bond acceptors (Lipinski definition) is 3. The van der Waals surface area contributed by atoms with Gasteiger partial charge in [0.1, 0.15) is 5.82 Å². The molecule has 2 aliphatic rings. The third-order valence-corrected chi connectivity index (χ3v) is 5.55. The van der Waals surface area contributed by atoms with Crippen molar-refractivity contribution >= 4 is 23.5 Å². The quantitative estimate of drug-likeness (QED) is 0.886. The van der Waals surface area contributed by atoms with E-state index in [1.54, 1.807) is 11.0 Å². The van der Waals surface area contributed by atoms with E-state index in [1.807, 2.05) is 0 Å². The zero-order chi connectivity index (χ0) is 18.0. The maximum Gasteiger partial charge on any atom is 0.309 e. The molecule has 0 aliphatic carbocycles. The maximum absolute atomic E-state index is 13.8. The lowest BCUT2D eigenvalue weighted by Gasteiger charge is -2.35. The molecule has 0 radical (unpaired) electrons. The predicted molar refractivity (Wildman–Crippen MR) is 89.9 cm³/mol. The number of likely N-dealkylation sites (tertiary alicyclic amines) is 1. The largest absolute Gasteiger partial charge is 0.481 e. The van der Waals surface area contributed by atoms with Crippen LogP contribution in [0, 0.1) is 17.7 Å². The van der Waals surface area contributed by atoms with Crippen molar-refractivity contribution in [2.45, 2.75) is 31.8 Å². The first-order valence-electron chi connectivity index (χ1n) is 8.52. The van der Waals surface area contributed by atoms with Crippen molar-refractivity contribution in [1.82, 2.24) is 4.90 Å². The Hall–Kier alpha value is -1.66. The summed E-state index contributed by atoms with van der Waals surface area (Å²) >= 11 is 5.98. The van der Waals surface area contributed by atoms with E-state index in [-0.39, 0.29) is 34.9 Å². The van der Waals surface area contributed by atoms with E-state index < -0.39 is 17.7 Å². The molecule has 2 aliphatic heterocycles. The van der Waals surface area contributed by atoms with Gasteiger partial charge >= 0.3 is 5.97 Å². The molecule has 1 N–H and O–H groups in total. The molecule has 0 saturated carbocycles. The molecule has 2 saturated heterocycles. The SMILES string of the molecule is O=C(O)C1CCO[C@H]1C1CCN(C(=O)Cc2c(F)cccc2Cl)CC1. The van der Waals surface area contributed by atoms with Crippen LogP contribution in [0.5, 0.6) is 0 Å². The summed E-state index contributed by atoms with van der Waals surface area (Å²) in [5.41, 5.74) is 0.223. The number of rotatable bonds is 4. The molecule has 0 spiro atoms. The fourth-order valence-electron chi connectivity index (χ4n) is 3.78. The number of amides is 1. The van der Waals surface area contributed by atoms with Crippen molar-refractivity contribution in [3.8, 4) is 0 Å². The van der Waals surface area contributed by atoms with Gasteiger partial charge < -0.3 is 14.7 Å². The van der Waals surface area contributed by atoms with Crippen LogP contribution in [0.4, 0.5) is 4.39 Å². The van der Waals surface area contributed by atoms with Crippen LogP contribution < -0.4 is 0 Å². The second-order valence-corrected chi connectivity index (χ2v) is 7.07. The van der Waals surface area contributed by atoms with Gasteiger partial charge in [-0.05, 0) is 37.3 Å². The zero-order valence-corrected chi connectivity index (χ0v) is 14.5. The van der Waals surface area contributed by atoms with Crippen molar-refractivity contribution in [2.24, 2.45) is 11.8 Å². The number of piperidine rings is 1. The van der Waals surface area contributed by atoms with E-state index in [0.29, 0.717) is 39.0 Å². The smallest absolute Gasteiger partial charge is 0.309 e. The number of carbonyl (C=O) groups is 2. The number of benzene rings is 1. The Kier molecular flexibility index (Phi) is 5.59. The Morgan fingerprint density at radius 2 is 2.00 bits per heavy atom. The summed E-state index contributed by atoms with van der Waals surface area (Å²) in [6.45, 7) is 1.54. The van der Waals surface area contributed by atoms with Gasteiger partial charge in [-0.15, -0.1) is 0 Å². The van der Waals surface area contributed by atoms with Gasteiger partial charge in [0.2, 0.25) is 5.91 Å². The van der Waals surface area contributed by atoms with Gasteiger partial charge in [-0.25, -0.2) is 4.39 Å². The van der Waals surface area contributed by atoms with Crippen molar-refractivity contribution in [2.75, 3.05) is 19.7 Å². The summed E-state index contributed by atoms with van der Waals surface area (Å²) in [7, 11) is 0. The Morgan fingerprint density at radius 1 is 1.28 bits per heavy atom. The summed E-state index contributed by atoms with van der Waals surface area (Å²) in [5, 5.41) is 9.53. The van der Waals surface area contributed by atoms with Crippen molar-refractivity contribution in [1.29, 1.82) is 0 Å². The molecule has 2 fully saturated rings. The minimum absolute atomic E-state index is 0.0617. The summed E-state index contributed by atoms with van der Waals surface area (Å²) < 4.78 is 19.5. The van der Waals surface area contributed by atoms with E-state index in [4.69, 9.17) is 16.3 Å². The number of halogens is 2. The van der Waals surface area contributed by atoms with E-state index in [2.05, 4.69) is 0 Å². The molecule has 7 heteroatoms. The molecule has 1 amide bonds. The molecule has 3 rings (SSSR count). The second kappa shape index (κ2) is 7.70. The highest BCUT2D eigenvalue weighted by atomic mass is 35.5. The van der Waals surface area contributed by atoms with Gasteiger partial charge in [0.05, 0.1) is 18.4 Å². The van der Waals surface area contributed by atoms with Gasteiger partial charge in [0, 0.05) is 30.3 Å². The average molecular weight is 370 g/mol. The molecule has 1 unspecified atom stereocenters. The first-order chi connectivity index (χ1) is 12.0. The van der Waals surface area contributed by atoms with E-state index in [0.717, 1.165) is 0 Å². The normalized spacial score (nSPS) is 24.5. The summed E-state index contributed by atoms with van der Waals surface area (Å²) in [5.74, 6) is -1.75. The highest BCUT2D eigenvalue weighted by molar-refractivity contribution is 6.31. The van der Waals surface area contributed by atoms with Crippen molar-refractivity contribution in [3.05, 3.63) is 34.6 Å². The first-order valence-corrected chi connectivity index (χ1v) is 8.90. The molecule has 1 aromatic rings. The standard InChI is InChI=1S/C18H21ClFNO4/c19-14-2-1-3-15(20)13(14)10-16(22)21-7-4-11(5-8-21)17-12(18(23)24)6-9-25-17/h1-3,11-12,17H,4-10H2,(H,23,24)/t12?,17-/m0/s1. The minimum atomic E-state index is -0.810. The van der Waals surface area contributed by atoms with Crippen LogP contribution in [0.25, 0.3) is 0 Å². The van der Waals surface area contributed by atoms with E-state index in [9.17, 15) is 19.1 Å². The van der Waals surface area contributed by atoms with Crippen LogP contribution in [-0.4, -0.2) is 47.7 Å². The fourth-order valence-corrected chi connectivity index (χ4v) is 4.01. The number of carbonyl (C=O) groups excluding carboxylic acids is 1. The van der Waals surface area contributed by atoms with Crippen LogP contribution >= 0.6 is 11.6 Å². The molecule has 0 bridgehead atoms. The molecule has 1 aromatic carbocycles. The third-order valence-electron chi connectivity index (χ3n) is 5.20. The van der Waals surface area contributed by atoms with E-state index in [1.165, 1.54) is 12.1 Å². The summed E-state index contributed by atoms with van der Waals surface area (Å²) in [6.07, 6.45) is 1.62. The molecular weight excluding hydrogens is 349 g/mol. The highest BCUT2D eigenvalue weighted by Gasteiger charge is 2.40. The molecule has 25 heavy (non-hydrogen) atoms. The zero-order valence-electron chi connectivity index (χ0n) is 13.8. The monoisotopic (exact) mass is 369 g/mol. The number of carboxylic acid groups (broad SMARTS) is 1. The lowest BCUT2D eigenvalue weighted by Crippen LogP contribution is -2.43. The number of carboxylic acids is 1. The lowest BCUT2D eigenvalue weighted by molar-refractivity contribution is -0.145. The van der Waals surface area contributed by atoms with Gasteiger partial charge in [-0.3, -0.25) is 9.59 Å². The van der Waals surface area contributed by atoms with Crippen molar-refractivity contribution < 1.29 is 23.8 Å². The minimum Gasteiger partial charge on any atom is -0.481 e. The number of ether oxygens (including phenoxy) is 1. The van der Waals surface area contributed by atoms with E-state index >= 15 is 0 Å². The Morgan fingerprint density at radius 3 is 2.64 bits per heavy atom. The molecule has 0 aromatic heterocycles. The van der Waals surface area contributed by atoms with Crippen molar-refractivity contribution in [3.63, 3.8) is 0 Å². The molecule has 2 heterocycles. The lowest BCUT2D eigenvalue weighted by atomic mass is 9.84. The van der Waals surface area contributed by atoms with Crippen LogP contribution in [0.1, 0.15) is 24.8 Å². The van der Waals surface area contributed by atoms with Crippen LogP contribution in [-0.2, 0) is 20.7 Å². The van der Waals surface area contributed by atoms with Gasteiger partial charge in [-0.1, -0.05) is 17.7 Å². The van der Waals surface area contributed by atoms with Crippen LogP contribution in [0.15, 0.2) is 18.2 Å². The number of hydrogen-bond donors (Lipinski definition) is 1. The topological polar surface area (TPSA) is 66.8 Å². The first kappa shape index (κ1) is 18.1. The van der Waals surface area contributed by atoms with Crippen LogP contribution in [0.2, 0.25) is 5.02 Å². The molecule has 136 valence electrons. The van der Waals surface area contributed by atoms with Gasteiger partial charge in [-0.2, -0.15) is 0 Å². The third kappa shape index (κ3) is 3.96. The molecule has 2 atom stereocenters. The van der Waals surface area contributed by atoms with Crippen LogP contribution in [0.3, 0.4) is 0 Å². The summed E-state index contributed by atoms with van der Waals surface area (Å²) in [6, 6.07) is 4.38. The Bertz CT molecular complexity index is 640. The van der Waals surface area contributed by atoms with Gasteiger partial charge in [0.25, 0.3) is 0 Å².